The van der Waals surface area contributed by atoms with Crippen molar-refractivity contribution in [3.8, 4) is 68.0 Å². The Morgan fingerprint density at radius 1 is 0.384 bits per heavy atom. The number of nitrogens with zero attached hydrogens (tertiary/aromatic N) is 8. The number of rotatable bonds is 16. The molecule has 0 aliphatic heterocycles. The van der Waals surface area contributed by atoms with Crippen LogP contribution in [-0.2, 0) is 14.3 Å². The van der Waals surface area contributed by atoms with Gasteiger partial charge in [-0.05, 0) is 185 Å². The molecule has 138 heavy (non-hydrogen) atoms. The Balaban J connectivity index is 0.000000371. The van der Waals surface area contributed by atoms with Gasteiger partial charge >= 0.3 is 83.0 Å². The Labute approximate surface area is 853 Å². The van der Waals surface area contributed by atoms with E-state index in [1.165, 1.54) is 123 Å². The van der Waals surface area contributed by atoms with Gasteiger partial charge in [0.15, 0.2) is 0 Å². The molecule has 12 aromatic carbocycles. The van der Waals surface area contributed by atoms with E-state index < -0.39 is 93.8 Å². The largest absolute Gasteiger partial charge is 1.00 e. The third kappa shape index (κ3) is 24.4. The Morgan fingerprint density at radius 3 is 0.884 bits per heavy atom. The molecule has 16 rings (SSSR count). The van der Waals surface area contributed by atoms with Crippen LogP contribution in [0.3, 0.4) is 0 Å². The average Bonchev–Trinajstić information content (AvgIpc) is 1.61. The number of carboxylic acids is 3. The third-order valence-corrected chi connectivity index (χ3v) is 21.4. The number of phenols is 2. The van der Waals surface area contributed by atoms with E-state index in [9.17, 15) is 81.1 Å². The van der Waals surface area contributed by atoms with E-state index in [1.807, 2.05) is 13.8 Å². The van der Waals surface area contributed by atoms with Crippen molar-refractivity contribution in [3.05, 3.63) is 329 Å². The molecule has 0 aliphatic rings. The molecule has 4 heterocycles. The molecule has 0 saturated carbocycles. The second-order valence-electron chi connectivity index (χ2n) is 28.4. The maximum absolute atomic E-state index is 14.9. The van der Waals surface area contributed by atoms with Crippen LogP contribution in [0.2, 0.25) is 20.1 Å². The topological polar surface area (TPSA) is 427 Å². The van der Waals surface area contributed by atoms with Crippen LogP contribution in [0.15, 0.2) is 218 Å². The molecule has 0 aliphatic carbocycles. The zero-order chi connectivity index (χ0) is 94.1. The molecule has 0 unspecified atom stereocenters. The number of carbonyl (C=O) groups is 9. The van der Waals surface area contributed by atoms with Crippen molar-refractivity contribution >= 4 is 143 Å². The van der Waals surface area contributed by atoms with Crippen molar-refractivity contribution in [2.75, 3.05) is 27.4 Å². The van der Waals surface area contributed by atoms with Crippen LogP contribution >= 0.6 is 46.4 Å². The van der Waals surface area contributed by atoms with E-state index in [1.54, 1.807) is 125 Å². The first-order chi connectivity index (χ1) is 62.0. The van der Waals surface area contributed by atoms with Crippen LogP contribution in [0, 0.1) is 51.0 Å². The number of aryl methyl sites for hydroxylation is 4. The van der Waals surface area contributed by atoms with Crippen LogP contribution in [0.5, 0.6) is 23.0 Å². The number of halogens is 8. The van der Waals surface area contributed by atoms with Crippen molar-refractivity contribution in [3.63, 3.8) is 0 Å². The molecule has 0 amide bonds. The minimum Gasteiger partial charge on any atom is -0.870 e. The molecule has 28 nitrogen and oxygen atoms in total. The van der Waals surface area contributed by atoms with Gasteiger partial charge in [-0.25, -0.2) is 31.9 Å². The summed E-state index contributed by atoms with van der Waals surface area (Å²) in [6.45, 7) is 13.7. The van der Waals surface area contributed by atoms with E-state index >= 15 is 0 Å². The summed E-state index contributed by atoms with van der Waals surface area (Å²) in [7, 11) is 2.68. The van der Waals surface area contributed by atoms with E-state index in [2.05, 4.69) is 20.4 Å². The summed E-state index contributed by atoms with van der Waals surface area (Å²) in [5, 5.41) is 68.3. The number of ether oxygens (including phenoxy) is 4. The number of carbonyl (C=O) groups excluding carboxylic acids is 7. The van der Waals surface area contributed by atoms with E-state index in [4.69, 9.17) is 70.5 Å². The number of aromatic carboxylic acids is 3. The SMILES string of the molecule is C.C.C.C.CC(=O)Oc1cc(-c2nn(C(=O)c3c(C)cccc3Cl)c3cccc(F)c23)ccc1C(=O)O.CCOCC.COC(=O)c1ccc(-c2nn(C(=O)c3c(C)cccc3Cl)c3cccc(F)c23)cc1OC.Cc1cccc(Cl)c1C(=O)n1nc(-c2ccc(C(=O)O)c(O)c2)c2c(F)cccc21.Cc1cccc(Cl)c1C(=O)n1nc(-c2ccc(C(=O)[O-])c(O)c2)c2c(F)cccc21.O.[Na+].[Na+].[OH-]. The molecule has 0 radical (unpaired) electrons. The molecule has 38 heteroatoms. The summed E-state index contributed by atoms with van der Waals surface area (Å²) in [5.41, 5.74) is 5.39. The van der Waals surface area contributed by atoms with Crippen LogP contribution in [-0.4, -0.2) is 151 Å². The standard InChI is InChI=1S/C24H16ClFN2O5.C24H18ClFN2O4.2C22H14ClFN2O4.C4H10O.4CH4.2Na.2H2O/c1-12-5-3-6-16(25)20(12)23(30)28-18-8-4-7-17(26)21(18)22(27-28)14-9-10-15(24(31)32)19(11-14)33-13(2)29;1-13-6-4-7-16(25)20(13)23(29)28-18-9-5-8-17(26)21(18)22(27-28)14-10-11-15(24(30)32-3)19(12-14)31-2;2*1-11-4-2-5-14(23)18(11)21(28)26-16-7-3-6-15(24)19(16)20(25-26)12-8-9-13(22(29)30)17(27)10-12;1-3-5-4-2;;;;;;;;/h3-11H,1-2H3,(H,31,32);4-12H,1-3H3;2*2-10,27H,1H3,(H,29,30);3-4H2,1-2H3;4*1H4;;;2*1H2/q;;;;;;;;;2*+1;;/p-2. The molecular formula is C100H90Cl4F4N8Na2O20. The van der Waals surface area contributed by atoms with Crippen LogP contribution in [0.1, 0.15) is 156 Å². The van der Waals surface area contributed by atoms with Gasteiger partial charge in [-0.1, -0.05) is 173 Å². The number of aromatic nitrogens is 8. The Morgan fingerprint density at radius 2 is 0.645 bits per heavy atom. The minimum atomic E-state index is -1.55. The summed E-state index contributed by atoms with van der Waals surface area (Å²) in [5.74, 6) is -11.0. The van der Waals surface area contributed by atoms with Crippen molar-refractivity contribution < 1.29 is 175 Å². The number of esters is 2. The quantitative estimate of drug-likeness (QED) is 0.0302. The molecule has 0 bridgehead atoms. The molecule has 7 N–H and O–H groups in total. The summed E-state index contributed by atoms with van der Waals surface area (Å²) >= 11 is 25.0. The number of carboxylic acid groups (broad SMARTS) is 3. The zero-order valence-corrected chi connectivity index (χ0v) is 79.8. The first-order valence-electron chi connectivity index (χ1n) is 39.0. The number of methoxy groups -OCH3 is 2. The number of fused-ring (bicyclic) bond motifs is 4. The van der Waals surface area contributed by atoms with Crippen molar-refractivity contribution in [2.45, 2.75) is 78.2 Å². The second kappa shape index (κ2) is 50.7. The number of aromatic hydroxyl groups is 2. The fourth-order valence-electron chi connectivity index (χ4n) is 14.1. The van der Waals surface area contributed by atoms with Gasteiger partial charge in [0.25, 0.3) is 23.6 Å². The van der Waals surface area contributed by atoms with E-state index in [0.29, 0.717) is 33.3 Å². The summed E-state index contributed by atoms with van der Waals surface area (Å²) < 4.78 is 83.5. The molecule has 4 aromatic heterocycles. The summed E-state index contributed by atoms with van der Waals surface area (Å²) in [4.78, 5) is 110. The van der Waals surface area contributed by atoms with Gasteiger partial charge in [0, 0.05) is 48.0 Å². The van der Waals surface area contributed by atoms with Crippen molar-refractivity contribution in [1.29, 1.82) is 0 Å². The van der Waals surface area contributed by atoms with Gasteiger partial charge in [-0.2, -0.15) is 39.1 Å². The number of hydrogen-bond donors (Lipinski definition) is 4. The van der Waals surface area contributed by atoms with Gasteiger partial charge < -0.3 is 60.2 Å². The van der Waals surface area contributed by atoms with Gasteiger partial charge in [0.2, 0.25) is 0 Å². The van der Waals surface area contributed by atoms with Crippen LogP contribution in [0.25, 0.3) is 88.6 Å². The fraction of sp³-hybridized carbons (Fsp3) is 0.150. The van der Waals surface area contributed by atoms with Crippen molar-refractivity contribution in [1.82, 2.24) is 39.1 Å². The third-order valence-electron chi connectivity index (χ3n) is 20.2. The van der Waals surface area contributed by atoms with Gasteiger partial charge in [0.05, 0.1) is 106 Å². The van der Waals surface area contributed by atoms with Crippen LogP contribution in [0.4, 0.5) is 17.6 Å². The normalized spacial score (nSPS) is 10.2. The maximum atomic E-state index is 14.9. The number of benzene rings is 12. The molecule has 708 valence electrons. The first-order valence-corrected chi connectivity index (χ1v) is 40.5. The van der Waals surface area contributed by atoms with Gasteiger partial charge in [-0.15, -0.1) is 0 Å². The Hall–Kier alpha value is -13.3. The predicted octanol–water partition coefficient (Wildman–Crippen LogP) is 15.5. The van der Waals surface area contributed by atoms with E-state index in [-0.39, 0.29) is 248 Å². The summed E-state index contributed by atoms with van der Waals surface area (Å²) in [6, 6.07) is 53.2. The molecule has 0 fully saturated rings. The minimum absolute atomic E-state index is 0. The smallest absolute Gasteiger partial charge is 0.870 e. The predicted molar refractivity (Wildman–Crippen MR) is 510 cm³/mol. The first kappa shape index (κ1) is 117. The molecular weight excluding hydrogens is 1900 g/mol. The summed E-state index contributed by atoms with van der Waals surface area (Å²) in [6.07, 6.45) is 0. The second-order valence-corrected chi connectivity index (χ2v) is 30.0. The van der Waals surface area contributed by atoms with E-state index in [0.717, 1.165) is 51.0 Å². The monoisotopic (exact) mass is 1980 g/mol. The molecule has 0 atom stereocenters. The molecule has 16 aromatic rings. The van der Waals surface area contributed by atoms with Crippen molar-refractivity contribution in [2.24, 2.45) is 0 Å². The van der Waals surface area contributed by atoms with Gasteiger partial charge in [0.1, 0.15) is 85.7 Å². The number of hydrogen-bond acceptors (Lipinski definition) is 21. The fourth-order valence-corrected chi connectivity index (χ4v) is 15.3. The molecule has 0 spiro atoms. The Bertz CT molecular complexity index is 7020. The average molecular weight is 1990 g/mol. The van der Waals surface area contributed by atoms with Crippen LogP contribution < -0.4 is 73.7 Å². The van der Waals surface area contributed by atoms with Gasteiger partial charge in [-0.3, -0.25) is 24.0 Å². The molecule has 0 saturated heterocycles. The zero-order valence-electron chi connectivity index (χ0n) is 72.8. The maximum Gasteiger partial charge on any atom is 1.00 e. The Kier molecular flexibility index (Phi) is 43.0.